The molecule has 1 aromatic heterocycles. The minimum Gasteiger partial charge on any atom is -0.375 e. The van der Waals surface area contributed by atoms with E-state index in [1.54, 1.807) is 0 Å². The third-order valence-corrected chi connectivity index (χ3v) is 8.66. The zero-order valence-electron chi connectivity index (χ0n) is 16.6. The van der Waals surface area contributed by atoms with Crippen LogP contribution in [0.3, 0.4) is 0 Å². The van der Waals surface area contributed by atoms with Crippen LogP contribution < -0.4 is 5.32 Å². The maximum Gasteiger partial charge on any atom is 0.0888 e. The van der Waals surface area contributed by atoms with Crippen molar-refractivity contribution < 1.29 is 4.21 Å². The molecule has 148 valence electrons. The number of nitrogens with one attached hydrogen (secondary N) is 1. The Morgan fingerprint density at radius 2 is 1.96 bits per heavy atom. The summed E-state index contributed by atoms with van der Waals surface area (Å²) in [4.78, 5) is 2.36. The van der Waals surface area contributed by atoms with Gasteiger partial charge < -0.3 is 5.32 Å². The lowest BCUT2D eigenvalue weighted by Gasteiger charge is -2.28. The average Bonchev–Trinajstić information content (AvgIpc) is 3.29. The molecule has 0 radical (unpaired) electrons. The lowest BCUT2D eigenvalue weighted by Crippen LogP contribution is -2.39. The zero-order chi connectivity index (χ0) is 19.3. The summed E-state index contributed by atoms with van der Waals surface area (Å²) in [6.07, 6.45) is 6.85. The molecule has 5 heteroatoms. The van der Waals surface area contributed by atoms with Gasteiger partial charge in [-0.15, -0.1) is 11.3 Å². The van der Waals surface area contributed by atoms with Gasteiger partial charge in [0.15, 0.2) is 0 Å². The minimum absolute atomic E-state index is 0.265. The Morgan fingerprint density at radius 1 is 1.22 bits per heavy atom. The molecular weight excluding hydrogens is 372 g/mol. The molecular formula is C22H32N2OS2. The Kier molecular flexibility index (Phi) is 7.01. The lowest BCUT2D eigenvalue weighted by atomic mass is 10.1. The Balaban J connectivity index is 1.69. The Morgan fingerprint density at radius 3 is 2.67 bits per heavy atom. The fraction of sp³-hybridized carbons (Fsp3) is 0.500. The van der Waals surface area contributed by atoms with Gasteiger partial charge in [0.1, 0.15) is 0 Å². The Labute approximate surface area is 168 Å². The van der Waals surface area contributed by atoms with E-state index in [0.29, 0.717) is 0 Å². The molecule has 0 saturated carbocycles. The monoisotopic (exact) mass is 404 g/mol. The van der Waals surface area contributed by atoms with Crippen LogP contribution in [0, 0.1) is 0 Å². The molecule has 1 aromatic carbocycles. The second-order valence-corrected chi connectivity index (χ2v) is 10.7. The first-order chi connectivity index (χ1) is 13.1. The topological polar surface area (TPSA) is 32.3 Å². The summed E-state index contributed by atoms with van der Waals surface area (Å²) in [6, 6.07) is 12.3. The number of nitrogens with zero attached hydrogens (tertiary/aromatic N) is 1. The molecule has 2 heterocycles. The fourth-order valence-electron chi connectivity index (χ4n) is 3.86. The van der Waals surface area contributed by atoms with Crippen LogP contribution in [-0.2, 0) is 22.5 Å². The van der Waals surface area contributed by atoms with Gasteiger partial charge in [-0.05, 0) is 55.3 Å². The van der Waals surface area contributed by atoms with Crippen LogP contribution in [0.25, 0.3) is 0 Å². The highest BCUT2D eigenvalue weighted by molar-refractivity contribution is 7.98. The van der Waals surface area contributed by atoms with E-state index >= 15 is 0 Å². The van der Waals surface area contributed by atoms with Gasteiger partial charge in [-0.25, -0.2) is 8.51 Å². The summed E-state index contributed by atoms with van der Waals surface area (Å²) in [5.41, 5.74) is 1.50. The van der Waals surface area contributed by atoms with Crippen molar-refractivity contribution >= 4 is 31.9 Å². The van der Waals surface area contributed by atoms with Crippen molar-refractivity contribution in [1.82, 2.24) is 4.31 Å². The first-order valence-corrected chi connectivity index (χ1v) is 12.6. The molecule has 1 fully saturated rings. The molecule has 0 bridgehead atoms. The van der Waals surface area contributed by atoms with Crippen molar-refractivity contribution in [2.24, 2.45) is 0 Å². The quantitative estimate of drug-likeness (QED) is 0.581. The van der Waals surface area contributed by atoms with Crippen LogP contribution in [0.15, 0.2) is 41.3 Å². The highest BCUT2D eigenvalue weighted by Gasteiger charge is 2.31. The van der Waals surface area contributed by atoms with E-state index in [2.05, 4.69) is 35.4 Å². The number of rotatable bonds is 9. The van der Waals surface area contributed by atoms with E-state index in [1.807, 2.05) is 41.7 Å². The standard InChI is InChI=1S/C22H32N2OS2/c1-4-10-18-16-22(26-21(18)11-5-2)23-17-19-12-9-15-24(19)27(3,25)20-13-7-6-8-14-20/h6-8,13-14,16,19,23H,3-5,9-12,15,17H2,1-2H3. The van der Waals surface area contributed by atoms with Crippen LogP contribution in [0.4, 0.5) is 5.00 Å². The van der Waals surface area contributed by atoms with E-state index in [-0.39, 0.29) is 6.04 Å². The molecule has 1 aliphatic heterocycles. The van der Waals surface area contributed by atoms with E-state index < -0.39 is 9.71 Å². The van der Waals surface area contributed by atoms with Gasteiger partial charge in [0.2, 0.25) is 0 Å². The number of aryl methyl sites for hydroxylation is 2. The van der Waals surface area contributed by atoms with Crippen LogP contribution in [0.5, 0.6) is 0 Å². The van der Waals surface area contributed by atoms with E-state index in [0.717, 1.165) is 43.7 Å². The zero-order valence-corrected chi connectivity index (χ0v) is 18.2. The molecule has 0 spiro atoms. The number of benzene rings is 1. The van der Waals surface area contributed by atoms with Gasteiger partial charge in [0.25, 0.3) is 0 Å². The molecule has 0 aliphatic carbocycles. The van der Waals surface area contributed by atoms with Gasteiger partial charge in [0.05, 0.1) is 14.7 Å². The predicted octanol–water partition coefficient (Wildman–Crippen LogP) is 5.22. The summed E-state index contributed by atoms with van der Waals surface area (Å²) in [6.45, 7) is 6.17. The summed E-state index contributed by atoms with van der Waals surface area (Å²) in [5.74, 6) is 4.12. The van der Waals surface area contributed by atoms with Crippen molar-refractivity contribution in [3.8, 4) is 0 Å². The normalized spacial score (nSPS) is 19.9. The third kappa shape index (κ3) is 4.76. The molecule has 2 aromatic rings. The van der Waals surface area contributed by atoms with Crippen molar-refractivity contribution in [2.45, 2.75) is 63.3 Å². The maximum atomic E-state index is 13.4. The molecule has 0 amide bonds. The van der Waals surface area contributed by atoms with Crippen molar-refractivity contribution in [3.05, 3.63) is 46.8 Å². The molecule has 1 saturated heterocycles. The summed E-state index contributed by atoms with van der Waals surface area (Å²) in [5, 5.41) is 4.89. The maximum absolute atomic E-state index is 13.4. The summed E-state index contributed by atoms with van der Waals surface area (Å²) in [7, 11) is -2.42. The lowest BCUT2D eigenvalue weighted by molar-refractivity contribution is 0.427. The Bertz CT molecular complexity index is 804. The molecule has 3 nitrogen and oxygen atoms in total. The van der Waals surface area contributed by atoms with Crippen molar-refractivity contribution in [1.29, 1.82) is 0 Å². The molecule has 1 aliphatic rings. The number of thiophene rings is 1. The number of hydrogen-bond donors (Lipinski definition) is 1. The highest BCUT2D eigenvalue weighted by atomic mass is 32.2. The van der Waals surface area contributed by atoms with Gasteiger partial charge in [-0.3, -0.25) is 0 Å². The second kappa shape index (κ2) is 9.26. The third-order valence-electron chi connectivity index (χ3n) is 5.22. The van der Waals surface area contributed by atoms with Crippen molar-refractivity contribution in [3.63, 3.8) is 0 Å². The number of hydrogen-bond acceptors (Lipinski definition) is 3. The van der Waals surface area contributed by atoms with Gasteiger partial charge >= 0.3 is 0 Å². The molecule has 1 N–H and O–H groups in total. The Hall–Kier alpha value is -1.30. The minimum atomic E-state index is -2.42. The van der Waals surface area contributed by atoms with Crippen LogP contribution in [0.2, 0.25) is 0 Å². The molecule has 2 atom stereocenters. The summed E-state index contributed by atoms with van der Waals surface area (Å²) >= 11 is 1.90. The summed E-state index contributed by atoms with van der Waals surface area (Å²) < 4.78 is 15.6. The van der Waals surface area contributed by atoms with E-state index in [4.69, 9.17) is 0 Å². The SMILES string of the molecule is C=S(=O)(c1ccccc1)N1CCCC1CNc1cc(CCC)c(CCC)s1. The average molecular weight is 405 g/mol. The molecule has 3 rings (SSSR count). The fourth-order valence-corrected chi connectivity index (χ4v) is 7.02. The molecule has 27 heavy (non-hydrogen) atoms. The van der Waals surface area contributed by atoms with Gasteiger partial charge in [-0.2, -0.15) is 0 Å². The van der Waals surface area contributed by atoms with Crippen LogP contribution in [0.1, 0.15) is 50.0 Å². The first kappa shape index (κ1) is 20.4. The van der Waals surface area contributed by atoms with Gasteiger partial charge in [-0.1, -0.05) is 44.9 Å². The second-order valence-electron chi connectivity index (χ2n) is 7.33. The smallest absolute Gasteiger partial charge is 0.0888 e. The van der Waals surface area contributed by atoms with E-state index in [9.17, 15) is 4.21 Å². The van der Waals surface area contributed by atoms with Crippen molar-refractivity contribution in [2.75, 3.05) is 18.4 Å². The van der Waals surface area contributed by atoms with Gasteiger partial charge in [0, 0.05) is 28.9 Å². The van der Waals surface area contributed by atoms with E-state index in [1.165, 1.54) is 28.3 Å². The largest absolute Gasteiger partial charge is 0.375 e. The number of anilines is 1. The first-order valence-electron chi connectivity index (χ1n) is 10.1. The predicted molar refractivity (Wildman–Crippen MR) is 120 cm³/mol. The highest BCUT2D eigenvalue weighted by Crippen LogP contribution is 2.31. The van der Waals surface area contributed by atoms with Crippen LogP contribution >= 0.6 is 11.3 Å². The molecule has 2 unspecified atom stereocenters. The van der Waals surface area contributed by atoms with Crippen LogP contribution in [-0.4, -0.2) is 33.5 Å².